The Bertz CT molecular complexity index is 527. The van der Waals surface area contributed by atoms with Crippen LogP contribution in [0.1, 0.15) is 17.2 Å². The first kappa shape index (κ1) is 12.6. The summed E-state index contributed by atoms with van der Waals surface area (Å²) in [5.74, 6) is -0.821. The van der Waals surface area contributed by atoms with Gasteiger partial charge in [0, 0.05) is 12.3 Å². The molecule has 0 radical (unpaired) electrons. The van der Waals surface area contributed by atoms with E-state index in [1.165, 1.54) is 11.8 Å². The number of aliphatic carboxylic acids is 1. The van der Waals surface area contributed by atoms with E-state index in [1.54, 1.807) is 10.9 Å². The fourth-order valence-electron chi connectivity index (χ4n) is 1.56. The van der Waals surface area contributed by atoms with Crippen molar-refractivity contribution in [1.29, 1.82) is 0 Å². The highest BCUT2D eigenvalue weighted by atomic mass is 32.2. The van der Waals surface area contributed by atoms with Crippen LogP contribution in [0.5, 0.6) is 0 Å². The van der Waals surface area contributed by atoms with E-state index in [-0.39, 0.29) is 11.7 Å². The van der Waals surface area contributed by atoms with Crippen LogP contribution in [-0.2, 0) is 11.8 Å². The van der Waals surface area contributed by atoms with Crippen LogP contribution < -0.4 is 0 Å². The van der Waals surface area contributed by atoms with Crippen molar-refractivity contribution < 1.29 is 9.90 Å². The lowest BCUT2D eigenvalue weighted by atomic mass is 10.1. The van der Waals surface area contributed by atoms with Gasteiger partial charge in [0.15, 0.2) is 5.16 Å². The maximum Gasteiger partial charge on any atom is 0.304 e. The van der Waals surface area contributed by atoms with E-state index in [2.05, 4.69) is 10.2 Å². The number of hydrogen-bond acceptors (Lipinski definition) is 4. The summed E-state index contributed by atoms with van der Waals surface area (Å²) in [6.45, 7) is 0. The van der Waals surface area contributed by atoms with Gasteiger partial charge in [0.05, 0.1) is 6.42 Å². The first-order chi connectivity index (χ1) is 8.66. The van der Waals surface area contributed by atoms with Crippen LogP contribution in [-0.4, -0.2) is 25.8 Å². The molecule has 5 nitrogen and oxygen atoms in total. The first-order valence-corrected chi connectivity index (χ1v) is 6.32. The van der Waals surface area contributed by atoms with Gasteiger partial charge in [0.2, 0.25) is 0 Å². The van der Waals surface area contributed by atoms with Crippen LogP contribution in [0, 0.1) is 0 Å². The predicted octanol–water partition coefficient (Wildman–Crippen LogP) is 2.12. The van der Waals surface area contributed by atoms with Crippen molar-refractivity contribution >= 4 is 17.7 Å². The summed E-state index contributed by atoms with van der Waals surface area (Å²) in [5, 5.41) is 17.3. The second-order valence-electron chi connectivity index (χ2n) is 3.84. The second-order valence-corrected chi connectivity index (χ2v) is 5.01. The summed E-state index contributed by atoms with van der Waals surface area (Å²) >= 11 is 1.41. The van der Waals surface area contributed by atoms with Crippen molar-refractivity contribution in [2.45, 2.75) is 16.8 Å². The molecule has 2 aromatic rings. The molecule has 0 saturated carbocycles. The van der Waals surface area contributed by atoms with Crippen LogP contribution in [0.15, 0.2) is 41.8 Å². The number of hydrogen-bond donors (Lipinski definition) is 1. The number of nitrogens with zero attached hydrogens (tertiary/aromatic N) is 3. The zero-order chi connectivity index (χ0) is 13.0. The molecule has 1 N–H and O–H groups in total. The molecule has 0 aliphatic rings. The van der Waals surface area contributed by atoms with Crippen LogP contribution >= 0.6 is 11.8 Å². The molecule has 0 aliphatic heterocycles. The summed E-state index contributed by atoms with van der Waals surface area (Å²) < 4.78 is 1.78. The Hall–Kier alpha value is -1.82. The molecule has 2 rings (SSSR count). The fraction of sp³-hybridized carbons (Fsp3) is 0.250. The fourth-order valence-corrected chi connectivity index (χ4v) is 2.64. The monoisotopic (exact) mass is 263 g/mol. The lowest BCUT2D eigenvalue weighted by Crippen LogP contribution is -2.04. The van der Waals surface area contributed by atoms with Crippen molar-refractivity contribution in [3.8, 4) is 0 Å². The maximum atomic E-state index is 10.9. The van der Waals surface area contributed by atoms with Gasteiger partial charge in [-0.05, 0) is 5.56 Å². The predicted molar refractivity (Wildman–Crippen MR) is 68.3 cm³/mol. The Morgan fingerprint density at radius 1 is 1.44 bits per heavy atom. The number of aryl methyl sites for hydroxylation is 1. The summed E-state index contributed by atoms with van der Waals surface area (Å²) in [5.41, 5.74) is 0.980. The number of carbonyl (C=O) groups is 1. The van der Waals surface area contributed by atoms with E-state index in [0.717, 1.165) is 5.56 Å². The van der Waals surface area contributed by atoms with Gasteiger partial charge < -0.3 is 9.67 Å². The average molecular weight is 263 g/mol. The van der Waals surface area contributed by atoms with Crippen LogP contribution in [0.25, 0.3) is 0 Å². The van der Waals surface area contributed by atoms with Crippen LogP contribution in [0.3, 0.4) is 0 Å². The van der Waals surface area contributed by atoms with Gasteiger partial charge in [-0.1, -0.05) is 42.1 Å². The number of thioether (sulfide) groups is 1. The first-order valence-electron chi connectivity index (χ1n) is 5.44. The van der Waals surface area contributed by atoms with Gasteiger partial charge >= 0.3 is 5.97 Å². The van der Waals surface area contributed by atoms with Gasteiger partial charge in [-0.25, -0.2) is 0 Å². The van der Waals surface area contributed by atoms with Crippen molar-refractivity contribution in [2.75, 3.05) is 0 Å². The number of rotatable bonds is 5. The quantitative estimate of drug-likeness (QED) is 0.837. The number of carboxylic acids is 1. The van der Waals surface area contributed by atoms with Gasteiger partial charge in [-0.3, -0.25) is 4.79 Å². The lowest BCUT2D eigenvalue weighted by molar-refractivity contribution is -0.137. The van der Waals surface area contributed by atoms with Crippen molar-refractivity contribution in [1.82, 2.24) is 14.8 Å². The molecule has 1 atom stereocenters. The Labute approximate surface area is 109 Å². The number of carboxylic acid groups (broad SMARTS) is 1. The van der Waals surface area contributed by atoms with E-state index >= 15 is 0 Å². The molecule has 0 saturated heterocycles. The molecule has 94 valence electrons. The van der Waals surface area contributed by atoms with Crippen molar-refractivity contribution in [2.24, 2.45) is 7.05 Å². The summed E-state index contributed by atoms with van der Waals surface area (Å²) in [6.07, 6.45) is 1.66. The number of benzene rings is 1. The molecule has 1 aromatic carbocycles. The van der Waals surface area contributed by atoms with Crippen LogP contribution in [0.4, 0.5) is 0 Å². The number of aromatic nitrogens is 3. The Morgan fingerprint density at radius 2 is 2.17 bits per heavy atom. The van der Waals surface area contributed by atoms with E-state index in [4.69, 9.17) is 5.11 Å². The molecular formula is C12H13N3O2S. The van der Waals surface area contributed by atoms with E-state index in [1.807, 2.05) is 37.4 Å². The van der Waals surface area contributed by atoms with Crippen molar-refractivity contribution in [3.63, 3.8) is 0 Å². The van der Waals surface area contributed by atoms with E-state index in [0.29, 0.717) is 5.16 Å². The topological polar surface area (TPSA) is 68.0 Å². The molecule has 1 unspecified atom stereocenters. The third-order valence-electron chi connectivity index (χ3n) is 2.45. The lowest BCUT2D eigenvalue weighted by Gasteiger charge is -2.13. The molecule has 0 amide bonds. The van der Waals surface area contributed by atoms with Gasteiger partial charge in [0.25, 0.3) is 0 Å². The molecule has 0 bridgehead atoms. The SMILES string of the molecule is Cn1cnnc1SC(CC(=O)O)c1ccccc1. The third kappa shape index (κ3) is 3.10. The van der Waals surface area contributed by atoms with Gasteiger partial charge in [-0.15, -0.1) is 10.2 Å². The summed E-state index contributed by atoms with van der Waals surface area (Å²) in [4.78, 5) is 10.9. The van der Waals surface area contributed by atoms with E-state index in [9.17, 15) is 4.79 Å². The highest BCUT2D eigenvalue weighted by Crippen LogP contribution is 2.36. The standard InChI is InChI=1S/C12H13N3O2S/c1-15-8-13-14-12(15)18-10(7-11(16)17)9-5-3-2-4-6-9/h2-6,8,10H,7H2,1H3,(H,16,17). The Balaban J connectivity index is 2.21. The molecule has 18 heavy (non-hydrogen) atoms. The van der Waals surface area contributed by atoms with E-state index < -0.39 is 5.97 Å². The molecule has 6 heteroatoms. The third-order valence-corrected chi connectivity index (χ3v) is 3.75. The minimum absolute atomic E-state index is 0.0571. The molecule has 0 spiro atoms. The second kappa shape index (κ2) is 5.68. The average Bonchev–Trinajstić information content (AvgIpc) is 2.75. The Morgan fingerprint density at radius 3 is 2.72 bits per heavy atom. The summed E-state index contributed by atoms with van der Waals surface area (Å²) in [6, 6.07) is 9.57. The van der Waals surface area contributed by atoms with Crippen LogP contribution in [0.2, 0.25) is 0 Å². The molecule has 0 fully saturated rings. The minimum atomic E-state index is -0.821. The highest BCUT2D eigenvalue weighted by Gasteiger charge is 2.19. The Kier molecular flexibility index (Phi) is 3.99. The van der Waals surface area contributed by atoms with Gasteiger partial charge in [-0.2, -0.15) is 0 Å². The zero-order valence-corrected chi connectivity index (χ0v) is 10.7. The molecular weight excluding hydrogens is 250 g/mol. The largest absolute Gasteiger partial charge is 0.481 e. The molecule has 0 aliphatic carbocycles. The zero-order valence-electron chi connectivity index (χ0n) is 9.85. The van der Waals surface area contributed by atoms with Crippen molar-refractivity contribution in [3.05, 3.63) is 42.2 Å². The maximum absolute atomic E-state index is 10.9. The highest BCUT2D eigenvalue weighted by molar-refractivity contribution is 7.99. The van der Waals surface area contributed by atoms with Gasteiger partial charge in [0.1, 0.15) is 6.33 Å². The smallest absolute Gasteiger partial charge is 0.304 e. The normalized spacial score (nSPS) is 12.3. The summed E-state index contributed by atoms with van der Waals surface area (Å²) in [7, 11) is 1.84. The molecule has 1 heterocycles. The minimum Gasteiger partial charge on any atom is -0.481 e. The molecule has 1 aromatic heterocycles.